The van der Waals surface area contributed by atoms with Crippen molar-refractivity contribution < 1.29 is 9.47 Å². The van der Waals surface area contributed by atoms with Crippen LogP contribution in [0.5, 0.6) is 11.5 Å². The Morgan fingerprint density at radius 1 is 1.14 bits per heavy atom. The predicted octanol–water partition coefficient (Wildman–Crippen LogP) is 4.36. The summed E-state index contributed by atoms with van der Waals surface area (Å²) in [5.74, 6) is 1.73. The van der Waals surface area contributed by atoms with Crippen LogP contribution in [0.3, 0.4) is 0 Å². The summed E-state index contributed by atoms with van der Waals surface area (Å²) in [5, 5.41) is 7.43. The SMILES string of the molecule is CCN1CCC2(CC1)Oc1c(OC)cccc1C1CC(c3ccc(C)cc3)=NN12. The number of aryl methyl sites for hydroxylation is 1. The Morgan fingerprint density at radius 2 is 1.90 bits per heavy atom. The molecule has 2 aromatic carbocycles. The second-order valence-corrected chi connectivity index (χ2v) is 8.34. The third-order valence-electron chi connectivity index (χ3n) is 6.68. The molecule has 1 fully saturated rings. The summed E-state index contributed by atoms with van der Waals surface area (Å²) in [4.78, 5) is 2.49. The van der Waals surface area contributed by atoms with E-state index in [1.165, 1.54) is 16.7 Å². The van der Waals surface area contributed by atoms with Gasteiger partial charge in [-0.1, -0.05) is 48.9 Å². The van der Waals surface area contributed by atoms with Gasteiger partial charge in [-0.05, 0) is 25.1 Å². The molecule has 1 spiro atoms. The predicted molar refractivity (Wildman–Crippen MR) is 115 cm³/mol. The average Bonchev–Trinajstić information content (AvgIpc) is 3.21. The van der Waals surface area contributed by atoms with Crippen molar-refractivity contribution in [2.75, 3.05) is 26.7 Å². The van der Waals surface area contributed by atoms with Crippen LogP contribution in [0.25, 0.3) is 0 Å². The molecular weight excluding hydrogens is 362 g/mol. The lowest BCUT2D eigenvalue weighted by Crippen LogP contribution is -2.59. The van der Waals surface area contributed by atoms with Gasteiger partial charge >= 0.3 is 0 Å². The molecule has 0 amide bonds. The summed E-state index contributed by atoms with van der Waals surface area (Å²) in [6, 6.07) is 15.1. The number of hydrogen-bond acceptors (Lipinski definition) is 5. The third kappa shape index (κ3) is 2.99. The van der Waals surface area contributed by atoms with Crippen LogP contribution in [0.1, 0.15) is 48.9 Å². The van der Waals surface area contributed by atoms with Crippen LogP contribution in [-0.4, -0.2) is 48.1 Å². The Labute approximate surface area is 172 Å². The van der Waals surface area contributed by atoms with Crippen LogP contribution in [-0.2, 0) is 0 Å². The second-order valence-electron chi connectivity index (χ2n) is 8.34. The van der Waals surface area contributed by atoms with E-state index >= 15 is 0 Å². The standard InChI is InChI=1S/C24H29N3O2/c1-4-26-14-12-24(13-15-26)27-21(19-6-5-7-22(28-3)23(19)29-24)16-20(25-27)18-10-8-17(2)9-11-18/h5-11,21H,4,12-16H2,1-3H3. The van der Waals surface area contributed by atoms with Gasteiger partial charge in [0.05, 0.1) is 18.9 Å². The summed E-state index contributed by atoms with van der Waals surface area (Å²) in [6.07, 6.45) is 2.78. The van der Waals surface area contributed by atoms with E-state index in [-0.39, 0.29) is 6.04 Å². The molecule has 1 atom stereocenters. The van der Waals surface area contributed by atoms with Crippen LogP contribution in [0.15, 0.2) is 47.6 Å². The van der Waals surface area contributed by atoms with E-state index < -0.39 is 5.72 Å². The number of nitrogens with zero attached hydrogens (tertiary/aromatic N) is 3. The van der Waals surface area contributed by atoms with Gasteiger partial charge < -0.3 is 14.4 Å². The van der Waals surface area contributed by atoms with E-state index in [4.69, 9.17) is 14.6 Å². The molecule has 0 bridgehead atoms. The lowest BCUT2D eigenvalue weighted by atomic mass is 9.90. The molecule has 0 radical (unpaired) electrons. The van der Waals surface area contributed by atoms with Crippen LogP contribution >= 0.6 is 0 Å². The van der Waals surface area contributed by atoms with Crippen molar-refractivity contribution in [2.24, 2.45) is 5.10 Å². The summed E-state index contributed by atoms with van der Waals surface area (Å²) < 4.78 is 12.4. The van der Waals surface area contributed by atoms with Crippen molar-refractivity contribution in [3.05, 3.63) is 59.2 Å². The number of hydrazone groups is 1. The van der Waals surface area contributed by atoms with Gasteiger partial charge in [-0.25, -0.2) is 5.01 Å². The van der Waals surface area contributed by atoms with E-state index in [1.54, 1.807) is 7.11 Å². The minimum atomic E-state index is -0.398. The van der Waals surface area contributed by atoms with Gasteiger partial charge in [0.15, 0.2) is 11.5 Å². The van der Waals surface area contributed by atoms with E-state index in [1.807, 2.05) is 6.07 Å². The first kappa shape index (κ1) is 18.5. The fourth-order valence-corrected chi connectivity index (χ4v) is 4.90. The van der Waals surface area contributed by atoms with Crippen molar-refractivity contribution >= 4 is 5.71 Å². The Kier molecular flexibility index (Phi) is 4.50. The Balaban J connectivity index is 1.57. The number of piperidine rings is 1. The number of para-hydroxylation sites is 1. The van der Waals surface area contributed by atoms with E-state index in [9.17, 15) is 0 Å². The van der Waals surface area contributed by atoms with E-state index in [2.05, 4.69) is 60.2 Å². The zero-order valence-corrected chi connectivity index (χ0v) is 17.5. The zero-order chi connectivity index (χ0) is 20.0. The lowest BCUT2D eigenvalue weighted by Gasteiger charge is -2.51. The summed E-state index contributed by atoms with van der Waals surface area (Å²) in [7, 11) is 1.72. The maximum Gasteiger partial charge on any atom is 0.200 e. The molecule has 152 valence electrons. The number of hydrogen-bond donors (Lipinski definition) is 0. The number of benzene rings is 2. The third-order valence-corrected chi connectivity index (χ3v) is 6.68. The van der Waals surface area contributed by atoms with Crippen molar-refractivity contribution in [1.82, 2.24) is 9.91 Å². The summed E-state index contributed by atoms with van der Waals surface area (Å²) in [5.41, 5.74) is 4.40. The summed E-state index contributed by atoms with van der Waals surface area (Å²) in [6.45, 7) is 7.48. The Bertz CT molecular complexity index is 930. The first-order chi connectivity index (χ1) is 14.1. The molecule has 3 aliphatic heterocycles. The Morgan fingerprint density at radius 3 is 2.59 bits per heavy atom. The van der Waals surface area contributed by atoms with Gasteiger partial charge in [-0.2, -0.15) is 5.10 Å². The van der Waals surface area contributed by atoms with Crippen molar-refractivity contribution in [2.45, 2.75) is 44.9 Å². The Hall–Kier alpha value is -2.53. The molecule has 5 heteroatoms. The van der Waals surface area contributed by atoms with E-state index in [0.717, 1.165) is 56.1 Å². The second kappa shape index (κ2) is 7.06. The van der Waals surface area contributed by atoms with Crippen LogP contribution in [0, 0.1) is 6.92 Å². The molecule has 0 aromatic heterocycles. The number of ether oxygens (including phenoxy) is 2. The van der Waals surface area contributed by atoms with Crippen molar-refractivity contribution in [3.8, 4) is 11.5 Å². The number of methoxy groups -OCH3 is 1. The zero-order valence-electron chi connectivity index (χ0n) is 17.5. The average molecular weight is 392 g/mol. The molecular formula is C24H29N3O2. The molecule has 5 rings (SSSR count). The largest absolute Gasteiger partial charge is 0.493 e. The highest BCUT2D eigenvalue weighted by atomic mass is 16.5. The van der Waals surface area contributed by atoms with Crippen LogP contribution in [0.2, 0.25) is 0 Å². The number of likely N-dealkylation sites (tertiary alicyclic amines) is 1. The quantitative estimate of drug-likeness (QED) is 0.779. The fourth-order valence-electron chi connectivity index (χ4n) is 4.90. The maximum atomic E-state index is 6.76. The molecule has 5 nitrogen and oxygen atoms in total. The summed E-state index contributed by atoms with van der Waals surface area (Å²) >= 11 is 0. The topological polar surface area (TPSA) is 37.3 Å². The number of rotatable bonds is 3. The van der Waals surface area contributed by atoms with Crippen LogP contribution < -0.4 is 9.47 Å². The smallest absolute Gasteiger partial charge is 0.200 e. The highest BCUT2D eigenvalue weighted by molar-refractivity contribution is 6.02. The highest BCUT2D eigenvalue weighted by Crippen LogP contribution is 2.52. The van der Waals surface area contributed by atoms with Gasteiger partial charge in [0, 0.05) is 37.9 Å². The molecule has 3 heterocycles. The molecule has 29 heavy (non-hydrogen) atoms. The maximum absolute atomic E-state index is 6.76. The first-order valence-electron chi connectivity index (χ1n) is 10.7. The van der Waals surface area contributed by atoms with Gasteiger partial charge in [0.25, 0.3) is 0 Å². The number of fused-ring (bicyclic) bond motifs is 4. The normalized spacial score (nSPS) is 22.7. The van der Waals surface area contributed by atoms with Crippen molar-refractivity contribution in [1.29, 1.82) is 0 Å². The highest BCUT2D eigenvalue weighted by Gasteiger charge is 2.52. The molecule has 0 aliphatic carbocycles. The molecule has 0 saturated carbocycles. The minimum Gasteiger partial charge on any atom is -0.493 e. The van der Waals surface area contributed by atoms with Gasteiger partial charge in [0.2, 0.25) is 5.72 Å². The molecule has 1 saturated heterocycles. The molecule has 3 aliphatic rings. The molecule has 0 N–H and O–H groups in total. The monoisotopic (exact) mass is 391 g/mol. The van der Waals surface area contributed by atoms with Gasteiger partial charge in [0.1, 0.15) is 0 Å². The molecule has 2 aromatic rings. The van der Waals surface area contributed by atoms with Gasteiger partial charge in [-0.15, -0.1) is 0 Å². The van der Waals surface area contributed by atoms with E-state index in [0.29, 0.717) is 0 Å². The van der Waals surface area contributed by atoms with Crippen LogP contribution in [0.4, 0.5) is 0 Å². The lowest BCUT2D eigenvalue weighted by molar-refractivity contribution is -0.150. The minimum absolute atomic E-state index is 0.193. The molecule has 1 unspecified atom stereocenters. The van der Waals surface area contributed by atoms with Crippen molar-refractivity contribution in [3.63, 3.8) is 0 Å². The first-order valence-corrected chi connectivity index (χ1v) is 10.7. The fraction of sp³-hybridized carbons (Fsp3) is 0.458. The van der Waals surface area contributed by atoms with Gasteiger partial charge in [-0.3, -0.25) is 0 Å².